The zero-order valence-corrected chi connectivity index (χ0v) is 17.6. The average molecular weight is 451 g/mol. The van der Waals surface area contributed by atoms with Crippen LogP contribution in [0.1, 0.15) is 44.1 Å². The Bertz CT molecular complexity index is 460. The molecule has 0 bridgehead atoms. The molecule has 1 heterocycles. The van der Waals surface area contributed by atoms with Crippen molar-refractivity contribution in [2.24, 2.45) is 10.4 Å². The zero-order chi connectivity index (χ0) is 15.8. The van der Waals surface area contributed by atoms with E-state index in [0.717, 1.165) is 32.1 Å². The maximum Gasteiger partial charge on any atom is 0.191 e. The van der Waals surface area contributed by atoms with Crippen molar-refractivity contribution in [3.63, 3.8) is 0 Å². The lowest BCUT2D eigenvalue weighted by molar-refractivity contribution is 0.0732. The first-order valence-electron chi connectivity index (χ1n) is 8.15. The van der Waals surface area contributed by atoms with Crippen molar-refractivity contribution < 1.29 is 4.74 Å². The number of nitrogens with one attached hydrogen (secondary N) is 2. The Balaban J connectivity index is 0.00000264. The first-order valence-corrected chi connectivity index (χ1v) is 9.09. The molecule has 1 fully saturated rings. The largest absolute Gasteiger partial charge is 0.385 e. The van der Waals surface area contributed by atoms with Crippen LogP contribution in [0.5, 0.6) is 0 Å². The number of ether oxygens (including phenoxy) is 1. The maximum atomic E-state index is 5.25. The molecule has 2 N–H and O–H groups in total. The van der Waals surface area contributed by atoms with E-state index in [0.29, 0.717) is 11.3 Å². The third kappa shape index (κ3) is 6.23. The summed E-state index contributed by atoms with van der Waals surface area (Å²) in [6.07, 6.45) is 5.07. The van der Waals surface area contributed by atoms with Crippen molar-refractivity contribution >= 4 is 41.3 Å². The summed E-state index contributed by atoms with van der Waals surface area (Å²) in [6, 6.07) is 2.20. The van der Waals surface area contributed by atoms with Gasteiger partial charge in [0.25, 0.3) is 0 Å². The van der Waals surface area contributed by atoms with E-state index in [9.17, 15) is 0 Å². The summed E-state index contributed by atoms with van der Waals surface area (Å²) in [7, 11) is 3.62. The highest BCUT2D eigenvalue weighted by atomic mass is 127. The van der Waals surface area contributed by atoms with E-state index in [1.807, 2.05) is 7.05 Å². The molecule has 0 amide bonds. The molecule has 1 aliphatic carbocycles. The smallest absolute Gasteiger partial charge is 0.191 e. The molecule has 0 radical (unpaired) electrons. The molecule has 1 saturated carbocycles. The molecule has 0 aliphatic heterocycles. The first-order chi connectivity index (χ1) is 10.7. The highest BCUT2D eigenvalue weighted by Gasteiger charge is 2.36. The molecular weight excluding hydrogens is 421 g/mol. The number of halogens is 1. The van der Waals surface area contributed by atoms with Gasteiger partial charge in [-0.3, -0.25) is 4.99 Å². The third-order valence-electron chi connectivity index (χ3n) is 4.79. The molecular formula is C17H30IN3OS. The highest BCUT2D eigenvalue weighted by molar-refractivity contribution is 14.0. The van der Waals surface area contributed by atoms with E-state index in [2.05, 4.69) is 39.4 Å². The van der Waals surface area contributed by atoms with Gasteiger partial charge in [-0.25, -0.2) is 0 Å². The molecule has 1 aliphatic rings. The second-order valence-corrected chi connectivity index (χ2v) is 7.14. The SMILES string of the molecule is CN=C(NCC(C)c1ccsc1)NCC1(CCOC)CCC1.I. The van der Waals surface area contributed by atoms with Crippen LogP contribution in [0.4, 0.5) is 0 Å². The quantitative estimate of drug-likeness (QED) is 0.359. The van der Waals surface area contributed by atoms with Crippen LogP contribution in [-0.2, 0) is 4.74 Å². The fraction of sp³-hybridized carbons (Fsp3) is 0.706. The molecule has 1 aromatic heterocycles. The predicted molar refractivity (Wildman–Crippen MR) is 110 cm³/mol. The Morgan fingerprint density at radius 1 is 1.43 bits per heavy atom. The van der Waals surface area contributed by atoms with E-state index in [1.165, 1.54) is 24.8 Å². The first kappa shape index (κ1) is 20.7. The number of aliphatic imine (C=N–C) groups is 1. The van der Waals surface area contributed by atoms with Gasteiger partial charge in [0.1, 0.15) is 0 Å². The number of methoxy groups -OCH3 is 1. The molecule has 0 saturated heterocycles. The second kappa shape index (κ2) is 10.5. The van der Waals surface area contributed by atoms with Crippen LogP contribution in [0.25, 0.3) is 0 Å². The monoisotopic (exact) mass is 451 g/mol. The molecule has 1 atom stereocenters. The number of rotatable bonds is 8. The van der Waals surface area contributed by atoms with Gasteiger partial charge in [0.05, 0.1) is 0 Å². The number of guanidine groups is 1. The van der Waals surface area contributed by atoms with Crippen molar-refractivity contribution in [3.8, 4) is 0 Å². The lowest BCUT2D eigenvalue weighted by atomic mass is 9.67. The Kier molecular flexibility index (Phi) is 9.46. The maximum absolute atomic E-state index is 5.25. The second-order valence-electron chi connectivity index (χ2n) is 6.36. The number of nitrogens with zero attached hydrogens (tertiary/aromatic N) is 1. The van der Waals surface area contributed by atoms with Crippen LogP contribution in [-0.4, -0.2) is 39.8 Å². The zero-order valence-electron chi connectivity index (χ0n) is 14.4. The van der Waals surface area contributed by atoms with Crippen LogP contribution in [0, 0.1) is 5.41 Å². The van der Waals surface area contributed by atoms with Crippen LogP contribution in [0.3, 0.4) is 0 Å². The number of hydrogen-bond acceptors (Lipinski definition) is 3. The van der Waals surface area contributed by atoms with E-state index < -0.39 is 0 Å². The molecule has 6 heteroatoms. The summed E-state index contributed by atoms with van der Waals surface area (Å²) in [5, 5.41) is 11.3. The molecule has 1 aromatic rings. The lowest BCUT2D eigenvalue weighted by Gasteiger charge is -2.42. The minimum atomic E-state index is 0. The standard InChI is InChI=1S/C17H29N3OS.HI/c1-14(15-5-10-22-12-15)11-19-16(18-2)20-13-17(6-4-7-17)8-9-21-3;/h5,10,12,14H,4,6-9,11,13H2,1-3H3,(H2,18,19,20);1H. The fourth-order valence-electron chi connectivity index (χ4n) is 2.93. The average Bonchev–Trinajstić information content (AvgIpc) is 3.02. The van der Waals surface area contributed by atoms with E-state index in [4.69, 9.17) is 4.74 Å². The Labute approximate surface area is 161 Å². The lowest BCUT2D eigenvalue weighted by Crippen LogP contribution is -2.47. The Hall–Kier alpha value is -0.340. The molecule has 23 heavy (non-hydrogen) atoms. The van der Waals surface area contributed by atoms with Crippen molar-refractivity contribution in [1.82, 2.24) is 10.6 Å². The summed E-state index contributed by atoms with van der Waals surface area (Å²) >= 11 is 1.75. The van der Waals surface area contributed by atoms with Crippen molar-refractivity contribution in [1.29, 1.82) is 0 Å². The van der Waals surface area contributed by atoms with E-state index in [1.54, 1.807) is 18.4 Å². The molecule has 1 unspecified atom stereocenters. The normalized spacial score (nSPS) is 17.8. The summed E-state index contributed by atoms with van der Waals surface area (Å²) in [5.41, 5.74) is 1.80. The minimum absolute atomic E-state index is 0. The molecule has 0 spiro atoms. The fourth-order valence-corrected chi connectivity index (χ4v) is 3.71. The van der Waals surface area contributed by atoms with Gasteiger partial charge in [-0.05, 0) is 53.0 Å². The summed E-state index contributed by atoms with van der Waals surface area (Å²) in [6.45, 7) is 4.99. The predicted octanol–water partition coefficient (Wildman–Crippen LogP) is 3.84. The summed E-state index contributed by atoms with van der Waals surface area (Å²) in [4.78, 5) is 4.35. The topological polar surface area (TPSA) is 45.7 Å². The Morgan fingerprint density at radius 2 is 2.22 bits per heavy atom. The van der Waals surface area contributed by atoms with Crippen LogP contribution in [0.15, 0.2) is 21.8 Å². The molecule has 2 rings (SSSR count). The van der Waals surface area contributed by atoms with Gasteiger partial charge < -0.3 is 15.4 Å². The van der Waals surface area contributed by atoms with E-state index >= 15 is 0 Å². The minimum Gasteiger partial charge on any atom is -0.385 e. The summed E-state index contributed by atoms with van der Waals surface area (Å²) in [5.74, 6) is 1.40. The molecule has 0 aromatic carbocycles. The Morgan fingerprint density at radius 3 is 2.74 bits per heavy atom. The van der Waals surface area contributed by atoms with Crippen molar-refractivity contribution in [2.75, 3.05) is 33.9 Å². The van der Waals surface area contributed by atoms with E-state index in [-0.39, 0.29) is 24.0 Å². The van der Waals surface area contributed by atoms with Gasteiger partial charge in [-0.1, -0.05) is 13.3 Å². The van der Waals surface area contributed by atoms with Crippen molar-refractivity contribution in [2.45, 2.75) is 38.5 Å². The van der Waals surface area contributed by atoms with Crippen LogP contribution in [0.2, 0.25) is 0 Å². The van der Waals surface area contributed by atoms with Gasteiger partial charge in [-0.15, -0.1) is 24.0 Å². The van der Waals surface area contributed by atoms with Crippen LogP contribution >= 0.6 is 35.3 Å². The van der Waals surface area contributed by atoms with Gasteiger partial charge in [0, 0.05) is 33.9 Å². The number of thiophene rings is 1. The van der Waals surface area contributed by atoms with Gasteiger partial charge >= 0.3 is 0 Å². The highest BCUT2D eigenvalue weighted by Crippen LogP contribution is 2.43. The number of hydrogen-bond donors (Lipinski definition) is 2. The summed E-state index contributed by atoms with van der Waals surface area (Å²) < 4.78 is 5.25. The van der Waals surface area contributed by atoms with Crippen LogP contribution < -0.4 is 10.6 Å². The molecule has 132 valence electrons. The van der Waals surface area contributed by atoms with Gasteiger partial charge in [0.2, 0.25) is 0 Å². The van der Waals surface area contributed by atoms with Gasteiger partial charge in [-0.2, -0.15) is 11.3 Å². The molecule has 4 nitrogen and oxygen atoms in total. The van der Waals surface area contributed by atoms with Crippen molar-refractivity contribution in [3.05, 3.63) is 22.4 Å². The third-order valence-corrected chi connectivity index (χ3v) is 5.49. The van der Waals surface area contributed by atoms with Gasteiger partial charge in [0.15, 0.2) is 5.96 Å².